The molecule has 0 amide bonds. The zero-order valence-electron chi connectivity index (χ0n) is 45.3. The highest BCUT2D eigenvalue weighted by atomic mass is 16.1. The van der Waals surface area contributed by atoms with Crippen molar-refractivity contribution in [2.24, 2.45) is 0 Å². The van der Waals surface area contributed by atoms with Crippen LogP contribution in [0.1, 0.15) is 246 Å². The molecule has 3 aliphatic carbocycles. The Labute approximate surface area is 437 Å². The molecule has 378 valence electrons. The number of hydrogen-bond donors (Lipinski definition) is 0. The van der Waals surface area contributed by atoms with Crippen LogP contribution in [0.3, 0.4) is 0 Å². The van der Waals surface area contributed by atoms with Crippen LogP contribution in [-0.2, 0) is 10.8 Å². The summed E-state index contributed by atoms with van der Waals surface area (Å²) in [5.74, 6) is 0.154. The van der Waals surface area contributed by atoms with E-state index in [9.17, 15) is 4.79 Å². The topological polar surface area (TPSA) is 17.1 Å². The molecule has 0 aliphatic heterocycles. The number of unbranched alkanes of at least 4 members (excludes halogenated alkanes) is 20. The Balaban J connectivity index is 1.12. The minimum Gasteiger partial charge on any atom is -0.289 e. The first-order chi connectivity index (χ1) is 35.5. The molecule has 0 bridgehead atoms. The van der Waals surface area contributed by atoms with Crippen LogP contribution in [0.5, 0.6) is 0 Å². The number of fused-ring (bicyclic) bond motifs is 9. The zero-order chi connectivity index (χ0) is 49.8. The van der Waals surface area contributed by atoms with Crippen LogP contribution in [0.15, 0.2) is 121 Å². The van der Waals surface area contributed by atoms with Crippen molar-refractivity contribution in [3.05, 3.63) is 155 Å². The van der Waals surface area contributed by atoms with E-state index >= 15 is 0 Å². The van der Waals surface area contributed by atoms with Crippen LogP contribution in [0.25, 0.3) is 55.6 Å². The largest absolute Gasteiger partial charge is 0.289 e. The molecular weight excluding hydrogens is 869 g/mol. The zero-order valence-corrected chi connectivity index (χ0v) is 45.3. The van der Waals surface area contributed by atoms with Gasteiger partial charge in [0.05, 0.1) is 0 Å². The number of benzene rings is 6. The van der Waals surface area contributed by atoms with Gasteiger partial charge >= 0.3 is 0 Å². The van der Waals surface area contributed by atoms with E-state index in [-0.39, 0.29) is 16.6 Å². The van der Waals surface area contributed by atoms with Crippen LogP contribution in [0.4, 0.5) is 0 Å². The van der Waals surface area contributed by atoms with Gasteiger partial charge in [-0.25, -0.2) is 0 Å². The fourth-order valence-corrected chi connectivity index (χ4v) is 13.9. The summed E-state index contributed by atoms with van der Waals surface area (Å²) in [7, 11) is 0. The Bertz CT molecular complexity index is 2710. The molecule has 3 aliphatic rings. The van der Waals surface area contributed by atoms with Crippen LogP contribution in [0.2, 0.25) is 0 Å². The third-order valence-corrected chi connectivity index (χ3v) is 17.8. The van der Waals surface area contributed by atoms with Gasteiger partial charge in [0.15, 0.2) is 5.78 Å². The van der Waals surface area contributed by atoms with E-state index in [0.717, 1.165) is 27.8 Å². The number of rotatable bonds is 30. The molecule has 0 saturated heterocycles. The van der Waals surface area contributed by atoms with Gasteiger partial charge in [0.25, 0.3) is 0 Å². The smallest absolute Gasteiger partial charge is 0.194 e. The van der Waals surface area contributed by atoms with Crippen molar-refractivity contribution in [3.63, 3.8) is 0 Å². The van der Waals surface area contributed by atoms with Crippen molar-refractivity contribution < 1.29 is 4.79 Å². The lowest BCUT2D eigenvalue weighted by atomic mass is 9.69. The summed E-state index contributed by atoms with van der Waals surface area (Å²) in [6.07, 6.45) is 36.5. The van der Waals surface area contributed by atoms with E-state index in [1.807, 2.05) is 12.1 Å². The molecule has 0 heterocycles. The summed E-state index contributed by atoms with van der Waals surface area (Å²) in [5, 5.41) is 0. The van der Waals surface area contributed by atoms with Gasteiger partial charge in [-0.15, -0.1) is 0 Å². The van der Waals surface area contributed by atoms with Gasteiger partial charge in [0.2, 0.25) is 0 Å². The average molecular weight is 957 g/mol. The third-order valence-electron chi connectivity index (χ3n) is 17.8. The highest BCUT2D eigenvalue weighted by molar-refractivity contribution is 6.22. The van der Waals surface area contributed by atoms with Crippen molar-refractivity contribution in [2.75, 3.05) is 0 Å². The van der Waals surface area contributed by atoms with E-state index in [1.54, 1.807) is 16.7 Å². The molecule has 0 aromatic heterocycles. The standard InChI is InChI=1S/C71H88O/c1-5-9-13-17-21-29-45-70(46-30-22-18-14-10-6-2)65-36-28-27-34-59(65)60-42-39-55(51-66(60)70)56-40-44-62-61-43-38-54(53-37-41-58-57-33-25-26-35-63(57)69(72)64(58)49-53)50-67(61)71(68(62)52-56,47-31-23-19-15-11-7-3)48-32-24-20-16-12-8-4/h25-28,33-44,49-52H,5-24,29-32,45-48H2,1-4H3. The summed E-state index contributed by atoms with van der Waals surface area (Å²) in [5.41, 5.74) is 21.0. The number of ketones is 1. The van der Waals surface area contributed by atoms with E-state index in [4.69, 9.17) is 0 Å². The molecule has 0 radical (unpaired) electrons. The predicted molar refractivity (Wildman–Crippen MR) is 311 cm³/mol. The summed E-state index contributed by atoms with van der Waals surface area (Å²) in [6, 6.07) is 47.0. The summed E-state index contributed by atoms with van der Waals surface area (Å²) in [6.45, 7) is 9.33. The number of carbonyl (C=O) groups is 1. The van der Waals surface area contributed by atoms with Crippen molar-refractivity contribution in [2.45, 2.75) is 218 Å². The van der Waals surface area contributed by atoms with Crippen LogP contribution < -0.4 is 0 Å². The monoisotopic (exact) mass is 957 g/mol. The molecule has 6 aromatic rings. The van der Waals surface area contributed by atoms with Gasteiger partial charge in [-0.05, 0) is 128 Å². The molecule has 0 fully saturated rings. The Morgan fingerprint density at radius 1 is 0.264 bits per heavy atom. The van der Waals surface area contributed by atoms with Crippen LogP contribution in [-0.4, -0.2) is 5.78 Å². The molecule has 0 saturated carbocycles. The Hall–Kier alpha value is -5.01. The fraction of sp³-hybridized carbons (Fsp3) is 0.479. The summed E-state index contributed by atoms with van der Waals surface area (Å²) < 4.78 is 0. The van der Waals surface area contributed by atoms with Gasteiger partial charge in [-0.1, -0.05) is 279 Å². The van der Waals surface area contributed by atoms with Crippen LogP contribution in [0, 0.1) is 0 Å². The van der Waals surface area contributed by atoms with Gasteiger partial charge in [0.1, 0.15) is 0 Å². The predicted octanol–water partition coefficient (Wildman–Crippen LogP) is 21.8. The second-order valence-corrected chi connectivity index (χ2v) is 22.7. The molecule has 0 unspecified atom stereocenters. The van der Waals surface area contributed by atoms with Crippen molar-refractivity contribution in [1.82, 2.24) is 0 Å². The summed E-state index contributed by atoms with van der Waals surface area (Å²) >= 11 is 0. The molecule has 72 heavy (non-hydrogen) atoms. The van der Waals surface area contributed by atoms with Gasteiger partial charge in [-0.2, -0.15) is 0 Å². The van der Waals surface area contributed by atoms with Crippen molar-refractivity contribution in [1.29, 1.82) is 0 Å². The maximum Gasteiger partial charge on any atom is 0.194 e. The quantitative estimate of drug-likeness (QED) is 0.0411. The molecule has 6 aromatic carbocycles. The van der Waals surface area contributed by atoms with Crippen molar-refractivity contribution >= 4 is 5.78 Å². The second-order valence-electron chi connectivity index (χ2n) is 22.7. The Morgan fingerprint density at radius 3 is 0.972 bits per heavy atom. The normalized spacial score (nSPS) is 14.2. The molecule has 1 heteroatoms. The number of carbonyl (C=O) groups excluding carboxylic acids is 1. The first-order valence-corrected chi connectivity index (χ1v) is 29.8. The van der Waals surface area contributed by atoms with E-state index in [1.165, 1.54) is 224 Å². The average Bonchev–Trinajstić information content (AvgIpc) is 3.97. The third kappa shape index (κ3) is 10.8. The minimum absolute atomic E-state index is 0.0606. The molecule has 0 N–H and O–H groups in total. The molecule has 0 atom stereocenters. The lowest BCUT2D eigenvalue weighted by Crippen LogP contribution is -2.26. The Kier molecular flexibility index (Phi) is 17.9. The molecule has 0 spiro atoms. The van der Waals surface area contributed by atoms with Gasteiger partial charge < -0.3 is 0 Å². The van der Waals surface area contributed by atoms with Gasteiger partial charge in [-0.3, -0.25) is 4.79 Å². The first-order valence-electron chi connectivity index (χ1n) is 29.8. The van der Waals surface area contributed by atoms with E-state index < -0.39 is 0 Å². The fourth-order valence-electron chi connectivity index (χ4n) is 13.9. The maximum absolute atomic E-state index is 13.8. The minimum atomic E-state index is -0.0682. The lowest BCUT2D eigenvalue weighted by molar-refractivity contribution is 0.104. The van der Waals surface area contributed by atoms with E-state index in [2.05, 4.69) is 137 Å². The molecular formula is C71H88O. The lowest BCUT2D eigenvalue weighted by Gasteiger charge is -2.34. The first kappa shape index (κ1) is 51.9. The molecule has 1 nitrogen and oxygen atoms in total. The maximum atomic E-state index is 13.8. The van der Waals surface area contributed by atoms with Crippen molar-refractivity contribution in [3.8, 4) is 55.6 Å². The summed E-state index contributed by atoms with van der Waals surface area (Å²) in [4.78, 5) is 13.8. The highest BCUT2D eigenvalue weighted by Gasteiger charge is 2.44. The Morgan fingerprint density at radius 2 is 0.556 bits per heavy atom. The highest BCUT2D eigenvalue weighted by Crippen LogP contribution is 2.58. The van der Waals surface area contributed by atoms with Gasteiger partial charge in [0, 0.05) is 22.0 Å². The molecule has 9 rings (SSSR count). The van der Waals surface area contributed by atoms with E-state index in [0.29, 0.717) is 0 Å². The second kappa shape index (κ2) is 24.8. The SMILES string of the molecule is CCCCCCCCC1(CCCCCCCC)c2ccccc2-c2ccc(-c3ccc4c(c3)C(CCCCCCCC)(CCCCCCCC)c3cc(-c5ccc6c(c5)C(=O)c5ccccc5-6)ccc3-4)cc21. The van der Waals surface area contributed by atoms with Crippen LogP contribution >= 0.6 is 0 Å². The number of hydrogen-bond acceptors (Lipinski definition) is 1.